The number of rotatable bonds is 6. The van der Waals surface area contributed by atoms with E-state index in [-0.39, 0.29) is 24.4 Å². The van der Waals surface area contributed by atoms with E-state index < -0.39 is 0 Å². The van der Waals surface area contributed by atoms with Crippen LogP contribution in [0.5, 0.6) is 5.75 Å². The number of piperidine rings is 1. The molecule has 1 aliphatic rings. The van der Waals surface area contributed by atoms with E-state index in [1.54, 1.807) is 0 Å². The fourth-order valence-electron chi connectivity index (χ4n) is 3.01. The van der Waals surface area contributed by atoms with Gasteiger partial charge in [-0.25, -0.2) is 0 Å². The highest BCUT2D eigenvalue weighted by atomic mass is 35.5. The predicted molar refractivity (Wildman–Crippen MR) is 96.4 cm³/mol. The summed E-state index contributed by atoms with van der Waals surface area (Å²) in [6, 6.07) is 7.89. The zero-order valence-electron chi connectivity index (χ0n) is 14.4. The van der Waals surface area contributed by atoms with Gasteiger partial charge in [-0.05, 0) is 63.4 Å². The van der Waals surface area contributed by atoms with Gasteiger partial charge in [0.1, 0.15) is 5.75 Å². The topological polar surface area (TPSA) is 41.6 Å². The van der Waals surface area contributed by atoms with E-state index in [9.17, 15) is 4.79 Å². The average molecular weight is 341 g/mol. The number of hydrogen-bond donors (Lipinski definition) is 1. The van der Waals surface area contributed by atoms with E-state index in [0.29, 0.717) is 12.3 Å². The third kappa shape index (κ3) is 5.70. The molecule has 0 radical (unpaired) electrons. The van der Waals surface area contributed by atoms with Crippen LogP contribution in [0, 0.1) is 12.8 Å². The van der Waals surface area contributed by atoms with E-state index >= 15 is 0 Å². The van der Waals surface area contributed by atoms with Crippen LogP contribution in [-0.2, 0) is 4.79 Å². The van der Waals surface area contributed by atoms with Crippen LogP contribution in [0.15, 0.2) is 24.3 Å². The van der Waals surface area contributed by atoms with Gasteiger partial charge < -0.3 is 15.0 Å². The Morgan fingerprint density at radius 2 is 2.09 bits per heavy atom. The van der Waals surface area contributed by atoms with Crippen LogP contribution in [0.4, 0.5) is 0 Å². The molecule has 1 aliphatic heterocycles. The number of ether oxygens (including phenoxy) is 1. The highest BCUT2D eigenvalue weighted by Gasteiger charge is 2.28. The normalized spacial score (nSPS) is 16.6. The molecule has 4 nitrogen and oxygen atoms in total. The van der Waals surface area contributed by atoms with Crippen LogP contribution >= 0.6 is 12.4 Å². The van der Waals surface area contributed by atoms with Gasteiger partial charge in [0, 0.05) is 13.1 Å². The molecule has 1 heterocycles. The van der Waals surface area contributed by atoms with Crippen molar-refractivity contribution in [1.82, 2.24) is 10.2 Å². The van der Waals surface area contributed by atoms with Crippen molar-refractivity contribution in [2.24, 2.45) is 5.92 Å². The van der Waals surface area contributed by atoms with Crippen LogP contribution in [0.3, 0.4) is 0 Å². The second-order valence-corrected chi connectivity index (χ2v) is 6.16. The third-order valence-electron chi connectivity index (χ3n) is 4.33. The lowest BCUT2D eigenvalue weighted by molar-refractivity contribution is -0.140. The van der Waals surface area contributed by atoms with E-state index in [1.165, 1.54) is 0 Å². The molecule has 1 amide bonds. The average Bonchev–Trinajstić information content (AvgIpc) is 2.53. The lowest BCUT2D eigenvalue weighted by Crippen LogP contribution is -2.46. The first kappa shape index (κ1) is 19.8. The maximum Gasteiger partial charge on any atom is 0.263 e. The maximum atomic E-state index is 12.7. The zero-order valence-corrected chi connectivity index (χ0v) is 15.2. The highest BCUT2D eigenvalue weighted by molar-refractivity contribution is 5.85. The molecule has 0 saturated carbocycles. The predicted octanol–water partition coefficient (Wildman–Crippen LogP) is 3.03. The van der Waals surface area contributed by atoms with Crippen molar-refractivity contribution in [2.75, 3.05) is 26.7 Å². The van der Waals surface area contributed by atoms with Gasteiger partial charge in [-0.1, -0.05) is 19.1 Å². The molecule has 1 aromatic carbocycles. The van der Waals surface area contributed by atoms with Gasteiger partial charge >= 0.3 is 0 Å². The summed E-state index contributed by atoms with van der Waals surface area (Å²) in [6.45, 7) is 6.77. The third-order valence-corrected chi connectivity index (χ3v) is 4.33. The molecule has 0 aliphatic carbocycles. The molecule has 1 unspecified atom stereocenters. The van der Waals surface area contributed by atoms with Gasteiger partial charge in [0.05, 0.1) is 0 Å². The number of hydrogen-bond acceptors (Lipinski definition) is 3. The molecule has 1 saturated heterocycles. The molecule has 1 aromatic rings. The van der Waals surface area contributed by atoms with Crippen LogP contribution in [-0.4, -0.2) is 43.6 Å². The van der Waals surface area contributed by atoms with Crippen molar-refractivity contribution in [3.05, 3.63) is 29.8 Å². The number of nitrogens with zero attached hydrogens (tertiary/aromatic N) is 1. The summed E-state index contributed by atoms with van der Waals surface area (Å²) >= 11 is 0. The Morgan fingerprint density at radius 1 is 1.39 bits per heavy atom. The van der Waals surface area contributed by atoms with E-state index in [1.807, 2.05) is 50.1 Å². The van der Waals surface area contributed by atoms with Gasteiger partial charge in [0.2, 0.25) is 0 Å². The summed E-state index contributed by atoms with van der Waals surface area (Å²) in [5.41, 5.74) is 1.15. The van der Waals surface area contributed by atoms with Crippen molar-refractivity contribution in [1.29, 1.82) is 0 Å². The summed E-state index contributed by atoms with van der Waals surface area (Å²) in [6.07, 6.45) is 2.48. The number of likely N-dealkylation sites (tertiary alicyclic amines) is 1. The first-order valence-electron chi connectivity index (χ1n) is 8.30. The Kier molecular flexibility index (Phi) is 8.42. The van der Waals surface area contributed by atoms with Crippen molar-refractivity contribution in [2.45, 2.75) is 39.2 Å². The Balaban J connectivity index is 0.00000264. The number of carbonyl (C=O) groups excluding carboxylic acids is 1. The lowest BCUT2D eigenvalue weighted by Gasteiger charge is -2.34. The van der Waals surface area contributed by atoms with E-state index in [0.717, 1.165) is 43.8 Å². The van der Waals surface area contributed by atoms with Crippen molar-refractivity contribution in [3.8, 4) is 5.75 Å². The van der Waals surface area contributed by atoms with Gasteiger partial charge in [-0.15, -0.1) is 12.4 Å². The van der Waals surface area contributed by atoms with Crippen LogP contribution in [0.25, 0.3) is 0 Å². The molecular formula is C18H29ClN2O2. The van der Waals surface area contributed by atoms with Gasteiger partial charge in [0.25, 0.3) is 5.91 Å². The Bertz CT molecular complexity index is 488. The summed E-state index contributed by atoms with van der Waals surface area (Å²) < 4.78 is 5.93. The number of amides is 1. The second-order valence-electron chi connectivity index (χ2n) is 6.16. The number of nitrogens with one attached hydrogen (secondary N) is 1. The highest BCUT2D eigenvalue weighted by Crippen LogP contribution is 2.20. The molecule has 0 spiro atoms. The maximum absolute atomic E-state index is 12.7. The van der Waals surface area contributed by atoms with Crippen LogP contribution < -0.4 is 10.1 Å². The molecule has 0 bridgehead atoms. The second kappa shape index (κ2) is 9.78. The minimum atomic E-state index is -0.373. The van der Waals surface area contributed by atoms with Gasteiger partial charge in [-0.2, -0.15) is 0 Å². The number of benzene rings is 1. The monoisotopic (exact) mass is 340 g/mol. The fourth-order valence-corrected chi connectivity index (χ4v) is 3.01. The molecule has 1 atom stereocenters. The summed E-state index contributed by atoms with van der Waals surface area (Å²) in [7, 11) is 1.99. The largest absolute Gasteiger partial charge is 0.481 e. The molecule has 23 heavy (non-hydrogen) atoms. The van der Waals surface area contributed by atoms with Crippen molar-refractivity contribution >= 4 is 18.3 Å². The molecule has 0 aromatic heterocycles. The van der Waals surface area contributed by atoms with Crippen molar-refractivity contribution < 1.29 is 9.53 Å². The SMILES string of the molecule is CCC(Oc1cccc(C)c1)C(=O)N1CCC(CNC)CC1.Cl. The molecule has 5 heteroatoms. The summed E-state index contributed by atoms with van der Waals surface area (Å²) in [5.74, 6) is 1.60. The van der Waals surface area contributed by atoms with Gasteiger partial charge in [0.15, 0.2) is 6.10 Å². The Labute approximate surface area is 146 Å². The zero-order chi connectivity index (χ0) is 15.9. The fraction of sp³-hybridized carbons (Fsp3) is 0.611. The minimum absolute atomic E-state index is 0. The van der Waals surface area contributed by atoms with Crippen LogP contribution in [0.2, 0.25) is 0 Å². The lowest BCUT2D eigenvalue weighted by atomic mass is 9.96. The van der Waals surface area contributed by atoms with Gasteiger partial charge in [-0.3, -0.25) is 4.79 Å². The minimum Gasteiger partial charge on any atom is -0.481 e. The number of carbonyl (C=O) groups is 1. The smallest absolute Gasteiger partial charge is 0.263 e. The Hall–Kier alpha value is -1.26. The molecular weight excluding hydrogens is 312 g/mol. The molecule has 2 rings (SSSR count). The summed E-state index contributed by atoms with van der Waals surface area (Å²) in [5, 5.41) is 3.23. The Morgan fingerprint density at radius 3 is 2.65 bits per heavy atom. The summed E-state index contributed by atoms with van der Waals surface area (Å²) in [4.78, 5) is 14.6. The standard InChI is InChI=1S/C18H28N2O2.ClH/c1-4-17(22-16-7-5-6-14(2)12-16)18(21)20-10-8-15(9-11-20)13-19-3;/h5-7,12,15,17,19H,4,8-11,13H2,1-3H3;1H. The van der Waals surface area contributed by atoms with E-state index in [2.05, 4.69) is 5.32 Å². The van der Waals surface area contributed by atoms with Crippen molar-refractivity contribution in [3.63, 3.8) is 0 Å². The molecule has 1 N–H and O–H groups in total. The number of halogens is 1. The van der Waals surface area contributed by atoms with E-state index in [4.69, 9.17) is 4.74 Å². The number of aryl methyl sites for hydroxylation is 1. The molecule has 1 fully saturated rings. The first-order chi connectivity index (χ1) is 10.6. The quantitative estimate of drug-likeness (QED) is 0.865. The van der Waals surface area contributed by atoms with Crippen LogP contribution in [0.1, 0.15) is 31.7 Å². The first-order valence-corrected chi connectivity index (χ1v) is 8.30. The molecule has 130 valence electrons.